The summed E-state index contributed by atoms with van der Waals surface area (Å²) < 4.78 is 98.3. The van der Waals surface area contributed by atoms with Crippen LogP contribution in [0, 0.1) is 12.7 Å². The molecule has 0 spiro atoms. The second-order valence-electron chi connectivity index (χ2n) is 15.6. The molecule has 2 atom stereocenters. The average Bonchev–Trinajstić information content (AvgIpc) is 3.63. The molecule has 4 bridgehead atoms. The zero-order chi connectivity index (χ0) is 44.5. The summed E-state index contributed by atoms with van der Waals surface area (Å²) in [4.78, 5) is 33.4. The number of carboxylic acids is 1. The topological polar surface area (TPSA) is 120 Å². The number of fused-ring (bicyclic) bond motifs is 5. The molecule has 18 heteroatoms. The van der Waals surface area contributed by atoms with E-state index in [1.807, 2.05) is 36.1 Å². The van der Waals surface area contributed by atoms with Crippen molar-refractivity contribution in [3.05, 3.63) is 112 Å². The van der Waals surface area contributed by atoms with Gasteiger partial charge in [-0.1, -0.05) is 48.0 Å². The molecule has 330 valence electrons. The van der Waals surface area contributed by atoms with Crippen molar-refractivity contribution in [2.24, 2.45) is 0 Å². The molecule has 1 fully saturated rings. The molecule has 0 saturated carbocycles. The van der Waals surface area contributed by atoms with Gasteiger partial charge in [-0.05, 0) is 89.9 Å². The van der Waals surface area contributed by atoms with Gasteiger partial charge in [-0.2, -0.15) is 18.2 Å². The van der Waals surface area contributed by atoms with Crippen LogP contribution in [-0.4, -0.2) is 80.4 Å². The molecule has 3 aromatic heterocycles. The number of thiophene rings is 1. The Bertz CT molecular complexity index is 2620. The van der Waals surface area contributed by atoms with E-state index in [1.165, 1.54) is 42.1 Å². The van der Waals surface area contributed by atoms with Gasteiger partial charge in [0.1, 0.15) is 35.9 Å². The number of alkyl halides is 5. The Morgan fingerprint density at radius 1 is 1.02 bits per heavy atom. The normalized spacial score (nSPS) is 17.8. The number of benzene rings is 3. The van der Waals surface area contributed by atoms with Crippen molar-refractivity contribution in [1.82, 2.24) is 24.8 Å². The number of nitrogens with zero attached hydrogens (tertiary/aromatic N) is 5. The number of halogens is 7. The number of aromatic nitrogens is 4. The molecule has 3 aliphatic rings. The zero-order valence-corrected chi connectivity index (χ0v) is 35.3. The minimum Gasteiger partial charge on any atom is -0.487 e. The zero-order valence-electron chi connectivity index (χ0n) is 33.7. The van der Waals surface area contributed by atoms with Crippen LogP contribution in [0.5, 0.6) is 17.6 Å². The molecule has 63 heavy (non-hydrogen) atoms. The predicted molar refractivity (Wildman–Crippen MR) is 224 cm³/mol. The van der Waals surface area contributed by atoms with E-state index < -0.39 is 43.0 Å². The van der Waals surface area contributed by atoms with E-state index in [4.69, 9.17) is 25.8 Å². The quantitative estimate of drug-likeness (QED) is 0.126. The van der Waals surface area contributed by atoms with Crippen molar-refractivity contribution in [1.29, 1.82) is 0 Å². The van der Waals surface area contributed by atoms with Crippen LogP contribution in [0.3, 0.4) is 0 Å². The molecule has 6 aromatic rings. The number of hydrogen-bond acceptors (Lipinski definition) is 10. The van der Waals surface area contributed by atoms with Crippen LogP contribution in [0.4, 0.5) is 26.3 Å². The second kappa shape index (κ2) is 18.3. The molecule has 1 saturated heterocycles. The summed E-state index contributed by atoms with van der Waals surface area (Å²) in [7, 11) is 0. The molecule has 3 aromatic carbocycles. The first kappa shape index (κ1) is 44.1. The lowest BCUT2D eigenvalue weighted by molar-refractivity contribution is -0.145. The predicted octanol–water partition coefficient (Wildman–Crippen LogP) is 10.7. The molecule has 0 amide bonds. The molecule has 3 aliphatic heterocycles. The molecule has 1 unspecified atom stereocenters. The van der Waals surface area contributed by atoms with Gasteiger partial charge in [0.05, 0.1) is 17.5 Å². The number of carboxylic acid groups (broad SMARTS) is 1. The van der Waals surface area contributed by atoms with E-state index in [0.29, 0.717) is 73.2 Å². The fourth-order valence-electron chi connectivity index (χ4n) is 7.95. The number of hydrogen-bond donors (Lipinski definition) is 1. The maximum absolute atomic E-state index is 14.2. The first-order chi connectivity index (χ1) is 30.1. The Morgan fingerprint density at radius 3 is 2.54 bits per heavy atom. The molecule has 1 N–H and O–H groups in total. The number of ether oxygens (including phenoxy) is 3. The maximum atomic E-state index is 14.2. The highest BCUT2D eigenvalue weighted by Crippen LogP contribution is 2.50. The van der Waals surface area contributed by atoms with Gasteiger partial charge < -0.3 is 24.2 Å². The Morgan fingerprint density at radius 2 is 1.79 bits per heavy atom. The molecule has 0 radical (unpaired) electrons. The molecule has 9 rings (SSSR count). The van der Waals surface area contributed by atoms with Crippen molar-refractivity contribution in [2.75, 3.05) is 26.2 Å². The summed E-state index contributed by atoms with van der Waals surface area (Å²) in [5, 5.41) is 11.6. The van der Waals surface area contributed by atoms with Crippen LogP contribution in [0.1, 0.15) is 59.5 Å². The van der Waals surface area contributed by atoms with Crippen LogP contribution in [0.15, 0.2) is 73.2 Å². The first-order valence-electron chi connectivity index (χ1n) is 20.2. The lowest BCUT2D eigenvalue weighted by Crippen LogP contribution is -2.40. The van der Waals surface area contributed by atoms with Gasteiger partial charge in [0.2, 0.25) is 12.0 Å². The summed E-state index contributed by atoms with van der Waals surface area (Å²) >= 11 is 8.69. The average molecular weight is 912 g/mol. The largest absolute Gasteiger partial charge is 0.487 e. The summed E-state index contributed by atoms with van der Waals surface area (Å²) in [5.74, 6) is -4.32. The highest BCUT2D eigenvalue weighted by Gasteiger charge is 2.35. The minimum absolute atomic E-state index is 0.00382. The Balaban J connectivity index is 1.21. The van der Waals surface area contributed by atoms with E-state index in [2.05, 4.69) is 19.9 Å². The van der Waals surface area contributed by atoms with E-state index >= 15 is 0 Å². The van der Waals surface area contributed by atoms with Crippen molar-refractivity contribution in [2.45, 2.75) is 76.2 Å². The van der Waals surface area contributed by atoms with Crippen molar-refractivity contribution in [3.63, 3.8) is 0 Å². The van der Waals surface area contributed by atoms with E-state index in [1.54, 1.807) is 18.2 Å². The standard InChI is InChI=1S/C45H40ClF6N5O5S/c1-25-32-7-8-33(38(25)46)28(11-16-57-17-12-44(48,49)13-18-57)20-26-2-9-34(61-23-31-10-15-53-43(56-31)60-19-14-45(50,51)52)29(21-26)22-35(42(58)59)62-40-37-36(32)39(63-41(37)55-24-54-40)27-3-5-30(47)6-4-27/h2-10,15,21,24,28,35H,11-14,16-20,22-23H2,1H3,(H,58,59)/t28?,35-/m1/s1. The lowest BCUT2D eigenvalue weighted by Gasteiger charge is -2.33. The minimum atomic E-state index is -4.42. The van der Waals surface area contributed by atoms with Gasteiger partial charge in [0, 0.05) is 54.0 Å². The van der Waals surface area contributed by atoms with Crippen molar-refractivity contribution in [3.8, 4) is 39.2 Å². The number of carbonyl (C=O) groups is 1. The SMILES string of the molecule is Cc1c2ccc(c1Cl)C(CCN1CCC(F)(F)CC1)Cc1ccc(OCc3ccnc(OCCC(F)(F)F)n3)c(c1)C[C@H](C(=O)O)Oc1ncnc3sc(-c4ccc(F)cc4)c-2c13. The van der Waals surface area contributed by atoms with Gasteiger partial charge in [0.15, 0.2) is 0 Å². The monoisotopic (exact) mass is 911 g/mol. The van der Waals surface area contributed by atoms with E-state index in [-0.39, 0.29) is 56.8 Å². The van der Waals surface area contributed by atoms with Gasteiger partial charge >= 0.3 is 18.2 Å². The Hall–Kier alpha value is -5.52. The third-order valence-electron chi connectivity index (χ3n) is 11.3. The number of rotatable bonds is 11. The number of likely N-dealkylation sites (tertiary alicyclic amines) is 1. The van der Waals surface area contributed by atoms with Crippen LogP contribution in [-0.2, 0) is 24.2 Å². The molecular formula is C45H40ClF6N5O5S. The summed E-state index contributed by atoms with van der Waals surface area (Å²) in [5.41, 5.74) is 5.15. The lowest BCUT2D eigenvalue weighted by atomic mass is 9.85. The van der Waals surface area contributed by atoms with Gasteiger partial charge in [-0.25, -0.2) is 32.9 Å². The Kier molecular flexibility index (Phi) is 12.8. The van der Waals surface area contributed by atoms with Gasteiger partial charge in [-0.15, -0.1) is 11.3 Å². The van der Waals surface area contributed by atoms with E-state index in [0.717, 1.165) is 16.7 Å². The van der Waals surface area contributed by atoms with Crippen LogP contribution < -0.4 is 14.2 Å². The third-order valence-corrected chi connectivity index (χ3v) is 12.9. The number of aliphatic carboxylic acids is 1. The number of piperidine rings is 1. The molecule has 10 nitrogen and oxygen atoms in total. The van der Waals surface area contributed by atoms with Crippen LogP contribution >= 0.6 is 22.9 Å². The van der Waals surface area contributed by atoms with Crippen LogP contribution in [0.25, 0.3) is 31.8 Å². The van der Waals surface area contributed by atoms with Crippen LogP contribution in [0.2, 0.25) is 5.02 Å². The summed E-state index contributed by atoms with van der Waals surface area (Å²) in [6.07, 6.45) is -4.11. The van der Waals surface area contributed by atoms with Crippen molar-refractivity contribution < 1.29 is 50.5 Å². The smallest absolute Gasteiger partial charge is 0.392 e. The van der Waals surface area contributed by atoms with Crippen molar-refractivity contribution >= 4 is 39.1 Å². The maximum Gasteiger partial charge on any atom is 0.392 e. The summed E-state index contributed by atoms with van der Waals surface area (Å²) in [6.45, 7) is 2.11. The molecular weight excluding hydrogens is 872 g/mol. The van der Waals surface area contributed by atoms with Gasteiger partial charge in [-0.3, -0.25) is 0 Å². The van der Waals surface area contributed by atoms with Gasteiger partial charge in [0.25, 0.3) is 5.92 Å². The first-order valence-corrected chi connectivity index (χ1v) is 21.4. The Labute approximate surface area is 366 Å². The fraction of sp³-hybridized carbons (Fsp3) is 0.356. The highest BCUT2D eigenvalue weighted by molar-refractivity contribution is 7.22. The second-order valence-corrected chi connectivity index (χ2v) is 17.0. The summed E-state index contributed by atoms with van der Waals surface area (Å²) in [6, 6.07) is 16.6. The fourth-order valence-corrected chi connectivity index (χ4v) is 9.43. The third kappa shape index (κ3) is 10.3. The molecule has 0 aliphatic carbocycles. The van der Waals surface area contributed by atoms with E-state index in [9.17, 15) is 36.2 Å². The highest BCUT2D eigenvalue weighted by atomic mass is 35.5. The molecule has 6 heterocycles.